The van der Waals surface area contributed by atoms with E-state index in [0.717, 1.165) is 6.42 Å². The summed E-state index contributed by atoms with van der Waals surface area (Å²) in [5.41, 5.74) is 5.77. The molecule has 1 unspecified atom stereocenters. The van der Waals surface area contributed by atoms with Gasteiger partial charge in [-0.1, -0.05) is 6.92 Å². The van der Waals surface area contributed by atoms with Gasteiger partial charge in [-0.25, -0.2) is 9.97 Å². The highest BCUT2D eigenvalue weighted by atomic mass is 16.2. The predicted octanol–water partition coefficient (Wildman–Crippen LogP) is 1.32. The molecule has 16 heavy (non-hydrogen) atoms. The Kier molecular flexibility index (Phi) is 4.22. The molecule has 0 saturated heterocycles. The molecule has 0 aliphatic carbocycles. The molecule has 1 amide bonds. The maximum atomic E-state index is 12.1. The highest BCUT2D eigenvalue weighted by Gasteiger charge is 2.19. The van der Waals surface area contributed by atoms with Gasteiger partial charge in [-0.3, -0.25) is 4.79 Å². The molecule has 5 heteroatoms. The average Bonchev–Trinajstić information content (AvgIpc) is 2.30. The molecule has 0 saturated carbocycles. The number of nitrogen functional groups attached to an aromatic ring is 1. The molecule has 5 nitrogen and oxygen atoms in total. The summed E-state index contributed by atoms with van der Waals surface area (Å²) in [5, 5.41) is 0. The fraction of sp³-hybridized carbons (Fsp3) is 0.545. The van der Waals surface area contributed by atoms with Gasteiger partial charge in [0, 0.05) is 12.6 Å². The third-order valence-electron chi connectivity index (χ3n) is 2.62. The summed E-state index contributed by atoms with van der Waals surface area (Å²) in [5.74, 6) is 0.229. The molecule has 0 aromatic carbocycles. The Morgan fingerprint density at radius 2 is 2.12 bits per heavy atom. The summed E-state index contributed by atoms with van der Waals surface area (Å²) in [6, 6.07) is 0.205. The smallest absolute Gasteiger partial charge is 0.274 e. The molecule has 2 N–H and O–H groups in total. The van der Waals surface area contributed by atoms with Crippen LogP contribution in [-0.2, 0) is 0 Å². The minimum Gasteiger partial charge on any atom is -0.382 e. The molecular weight excluding hydrogens is 204 g/mol. The van der Waals surface area contributed by atoms with Gasteiger partial charge < -0.3 is 10.6 Å². The molecule has 1 heterocycles. The Bertz CT molecular complexity index is 350. The fourth-order valence-corrected chi connectivity index (χ4v) is 1.47. The lowest BCUT2D eigenvalue weighted by Crippen LogP contribution is -2.38. The highest BCUT2D eigenvalue weighted by Crippen LogP contribution is 2.08. The number of nitrogens with two attached hydrogens (primary N) is 1. The van der Waals surface area contributed by atoms with Gasteiger partial charge in [0.05, 0.1) is 12.4 Å². The molecule has 0 fully saturated rings. The lowest BCUT2D eigenvalue weighted by molar-refractivity contribution is 0.0693. The largest absolute Gasteiger partial charge is 0.382 e. The topological polar surface area (TPSA) is 72.1 Å². The summed E-state index contributed by atoms with van der Waals surface area (Å²) in [6.07, 6.45) is 3.74. The van der Waals surface area contributed by atoms with E-state index in [4.69, 9.17) is 5.73 Å². The quantitative estimate of drug-likeness (QED) is 0.834. The highest BCUT2D eigenvalue weighted by molar-refractivity contribution is 5.92. The van der Waals surface area contributed by atoms with Crippen LogP contribution in [0.25, 0.3) is 0 Å². The molecule has 1 rings (SSSR count). The molecule has 1 aromatic rings. The van der Waals surface area contributed by atoms with E-state index in [9.17, 15) is 4.79 Å². The van der Waals surface area contributed by atoms with Crippen LogP contribution in [0.2, 0.25) is 0 Å². The van der Waals surface area contributed by atoms with Gasteiger partial charge in [-0.15, -0.1) is 0 Å². The number of rotatable bonds is 4. The minimum atomic E-state index is -0.0932. The van der Waals surface area contributed by atoms with Crippen LogP contribution in [0.15, 0.2) is 12.4 Å². The molecule has 0 bridgehead atoms. The number of amides is 1. The van der Waals surface area contributed by atoms with Crippen LogP contribution in [0.1, 0.15) is 37.7 Å². The lowest BCUT2D eigenvalue weighted by Gasteiger charge is -2.26. The number of carbonyl (C=O) groups is 1. The van der Waals surface area contributed by atoms with E-state index in [1.165, 1.54) is 12.4 Å². The van der Waals surface area contributed by atoms with E-state index in [0.29, 0.717) is 18.1 Å². The Hall–Kier alpha value is -1.65. The summed E-state index contributed by atoms with van der Waals surface area (Å²) in [4.78, 5) is 21.7. The van der Waals surface area contributed by atoms with Crippen LogP contribution in [0.5, 0.6) is 0 Å². The van der Waals surface area contributed by atoms with Gasteiger partial charge in [0.1, 0.15) is 11.5 Å². The number of anilines is 1. The SMILES string of the molecule is CCC(C)N(CC)C(=O)c1cnc(N)cn1. The first-order valence-electron chi connectivity index (χ1n) is 5.48. The summed E-state index contributed by atoms with van der Waals surface area (Å²) >= 11 is 0. The Morgan fingerprint density at radius 3 is 2.56 bits per heavy atom. The van der Waals surface area contributed by atoms with Crippen LogP contribution in [0, 0.1) is 0 Å². The van der Waals surface area contributed by atoms with Crippen molar-refractivity contribution >= 4 is 11.7 Å². The van der Waals surface area contributed by atoms with E-state index in [1.807, 2.05) is 13.8 Å². The fourth-order valence-electron chi connectivity index (χ4n) is 1.47. The van der Waals surface area contributed by atoms with E-state index in [2.05, 4.69) is 16.9 Å². The van der Waals surface area contributed by atoms with Crippen LogP contribution in [0.4, 0.5) is 5.82 Å². The van der Waals surface area contributed by atoms with Crippen molar-refractivity contribution in [2.24, 2.45) is 0 Å². The van der Waals surface area contributed by atoms with Gasteiger partial charge >= 0.3 is 0 Å². The number of nitrogens with zero attached hydrogens (tertiary/aromatic N) is 3. The Labute approximate surface area is 95.7 Å². The molecule has 0 aliphatic heterocycles. The molecule has 0 radical (unpaired) electrons. The predicted molar refractivity (Wildman–Crippen MR) is 62.9 cm³/mol. The van der Waals surface area contributed by atoms with Gasteiger partial charge in [-0.05, 0) is 20.3 Å². The number of hydrogen-bond donors (Lipinski definition) is 1. The van der Waals surface area contributed by atoms with E-state index < -0.39 is 0 Å². The second-order valence-electron chi connectivity index (χ2n) is 3.67. The van der Waals surface area contributed by atoms with Crippen molar-refractivity contribution in [3.05, 3.63) is 18.1 Å². The van der Waals surface area contributed by atoms with Crippen LogP contribution >= 0.6 is 0 Å². The zero-order chi connectivity index (χ0) is 12.1. The standard InChI is InChI=1S/C11H18N4O/c1-4-8(3)15(5-2)11(16)9-6-14-10(12)7-13-9/h6-8H,4-5H2,1-3H3,(H2,12,14). The zero-order valence-electron chi connectivity index (χ0n) is 9.97. The van der Waals surface area contributed by atoms with Crippen LogP contribution in [0.3, 0.4) is 0 Å². The van der Waals surface area contributed by atoms with Crippen molar-refractivity contribution in [2.75, 3.05) is 12.3 Å². The first-order chi connectivity index (χ1) is 7.60. The summed E-state index contributed by atoms with van der Waals surface area (Å²) < 4.78 is 0. The Morgan fingerprint density at radius 1 is 1.44 bits per heavy atom. The molecule has 1 atom stereocenters. The van der Waals surface area contributed by atoms with E-state index in [-0.39, 0.29) is 11.9 Å². The summed E-state index contributed by atoms with van der Waals surface area (Å²) in [6.45, 7) is 6.69. The van der Waals surface area contributed by atoms with Gasteiger partial charge in [0.15, 0.2) is 0 Å². The maximum absolute atomic E-state index is 12.1. The molecule has 1 aromatic heterocycles. The number of carbonyl (C=O) groups excluding carboxylic acids is 1. The van der Waals surface area contributed by atoms with Crippen LogP contribution < -0.4 is 5.73 Å². The molecule has 0 aliphatic rings. The van der Waals surface area contributed by atoms with Gasteiger partial charge in [0.25, 0.3) is 5.91 Å². The number of aromatic nitrogens is 2. The lowest BCUT2D eigenvalue weighted by atomic mass is 10.2. The van der Waals surface area contributed by atoms with Crippen molar-refractivity contribution in [1.82, 2.24) is 14.9 Å². The second-order valence-corrected chi connectivity index (χ2v) is 3.67. The number of hydrogen-bond acceptors (Lipinski definition) is 4. The van der Waals surface area contributed by atoms with Gasteiger partial charge in [-0.2, -0.15) is 0 Å². The maximum Gasteiger partial charge on any atom is 0.274 e. The normalized spacial score (nSPS) is 12.2. The summed E-state index contributed by atoms with van der Waals surface area (Å²) in [7, 11) is 0. The van der Waals surface area contributed by atoms with Crippen molar-refractivity contribution in [1.29, 1.82) is 0 Å². The molecule has 0 spiro atoms. The average molecular weight is 222 g/mol. The second kappa shape index (κ2) is 5.44. The van der Waals surface area contributed by atoms with Crippen molar-refractivity contribution in [3.8, 4) is 0 Å². The molecular formula is C11H18N4O. The molecule has 88 valence electrons. The van der Waals surface area contributed by atoms with Gasteiger partial charge in [0.2, 0.25) is 0 Å². The first kappa shape index (κ1) is 12.4. The van der Waals surface area contributed by atoms with Crippen molar-refractivity contribution < 1.29 is 4.79 Å². The third kappa shape index (κ3) is 2.68. The monoisotopic (exact) mass is 222 g/mol. The third-order valence-corrected chi connectivity index (χ3v) is 2.62. The van der Waals surface area contributed by atoms with Crippen molar-refractivity contribution in [2.45, 2.75) is 33.2 Å². The zero-order valence-corrected chi connectivity index (χ0v) is 9.97. The van der Waals surface area contributed by atoms with Crippen LogP contribution in [-0.4, -0.2) is 33.4 Å². The van der Waals surface area contributed by atoms with E-state index in [1.54, 1.807) is 4.90 Å². The van der Waals surface area contributed by atoms with E-state index >= 15 is 0 Å². The Balaban J connectivity index is 2.87. The first-order valence-corrected chi connectivity index (χ1v) is 5.48. The van der Waals surface area contributed by atoms with Crippen molar-refractivity contribution in [3.63, 3.8) is 0 Å². The minimum absolute atomic E-state index is 0.0932.